The molecule has 0 saturated carbocycles. The number of aromatic amines is 1. The Balaban J connectivity index is 1.55. The molecule has 23 heavy (non-hydrogen) atoms. The van der Waals surface area contributed by atoms with E-state index in [-0.39, 0.29) is 12.0 Å². The monoisotopic (exact) mass is 312 g/mol. The highest BCUT2D eigenvalue weighted by Gasteiger charge is 2.33. The zero-order valence-corrected chi connectivity index (χ0v) is 13.1. The number of amides is 1. The van der Waals surface area contributed by atoms with Crippen molar-refractivity contribution in [3.05, 3.63) is 46.8 Å². The lowest BCUT2D eigenvalue weighted by molar-refractivity contribution is 0.0277. The maximum Gasteiger partial charge on any atom is 0.279 e. The molecule has 1 saturated heterocycles. The smallest absolute Gasteiger partial charge is 0.279 e. The fourth-order valence-electron chi connectivity index (χ4n) is 3.26. The van der Waals surface area contributed by atoms with E-state index in [0.717, 1.165) is 48.6 Å². The zero-order valence-electron chi connectivity index (χ0n) is 13.1. The van der Waals surface area contributed by atoms with E-state index in [1.165, 1.54) is 0 Å². The second-order valence-electron chi connectivity index (χ2n) is 5.93. The first-order chi connectivity index (χ1) is 11.3. The Labute approximate surface area is 134 Å². The summed E-state index contributed by atoms with van der Waals surface area (Å²) in [6, 6.07) is 8.08. The number of rotatable bonds is 3. The van der Waals surface area contributed by atoms with Crippen molar-refractivity contribution in [3.63, 3.8) is 0 Å². The van der Waals surface area contributed by atoms with Crippen molar-refractivity contribution >= 4 is 11.6 Å². The molecule has 2 aromatic rings. The Morgan fingerprint density at radius 2 is 2.17 bits per heavy atom. The fourth-order valence-corrected chi connectivity index (χ4v) is 3.26. The molecule has 120 valence electrons. The largest absolute Gasteiger partial charge is 0.371 e. The molecule has 0 aliphatic carbocycles. The number of carbonyl (C=O) groups excluding carboxylic acids is 1. The molecule has 0 spiro atoms. The highest BCUT2D eigenvalue weighted by Crippen LogP contribution is 2.30. The van der Waals surface area contributed by atoms with Gasteiger partial charge in [-0.3, -0.25) is 9.89 Å². The van der Waals surface area contributed by atoms with Gasteiger partial charge in [0.1, 0.15) is 0 Å². The number of anilines is 1. The van der Waals surface area contributed by atoms with Gasteiger partial charge in [0.05, 0.1) is 19.3 Å². The van der Waals surface area contributed by atoms with E-state index in [1.54, 1.807) is 4.90 Å². The highest BCUT2D eigenvalue weighted by molar-refractivity contribution is 6.08. The van der Waals surface area contributed by atoms with Gasteiger partial charge in [-0.1, -0.05) is 19.1 Å². The fraction of sp³-hybridized carbons (Fsp3) is 0.412. The number of hydrogen-bond acceptors (Lipinski definition) is 4. The summed E-state index contributed by atoms with van der Waals surface area (Å²) >= 11 is 0. The number of nitrogens with one attached hydrogen (secondary N) is 2. The summed E-state index contributed by atoms with van der Waals surface area (Å²) in [7, 11) is 0. The number of aromatic nitrogens is 2. The van der Waals surface area contributed by atoms with Crippen molar-refractivity contribution in [3.8, 4) is 0 Å². The van der Waals surface area contributed by atoms with Crippen molar-refractivity contribution in [1.29, 1.82) is 0 Å². The summed E-state index contributed by atoms with van der Waals surface area (Å²) in [6.45, 7) is 5.12. The molecule has 6 heteroatoms. The van der Waals surface area contributed by atoms with Gasteiger partial charge in [0.25, 0.3) is 5.91 Å². The summed E-state index contributed by atoms with van der Waals surface area (Å²) < 4.78 is 5.76. The van der Waals surface area contributed by atoms with Crippen molar-refractivity contribution < 1.29 is 9.53 Å². The number of hydrogen-bond donors (Lipinski definition) is 2. The third kappa shape index (κ3) is 2.44. The second kappa shape index (κ2) is 5.79. The van der Waals surface area contributed by atoms with Crippen LogP contribution in [-0.2, 0) is 17.7 Å². The lowest BCUT2D eigenvalue weighted by Gasteiger charge is -2.24. The molecule has 0 bridgehead atoms. The van der Waals surface area contributed by atoms with E-state index >= 15 is 0 Å². The Bertz CT molecular complexity index is 717. The summed E-state index contributed by atoms with van der Waals surface area (Å²) in [5.74, 6) is -0.0284. The molecule has 1 aromatic heterocycles. The van der Waals surface area contributed by atoms with Gasteiger partial charge in [0.2, 0.25) is 0 Å². The van der Waals surface area contributed by atoms with Crippen molar-refractivity contribution in [1.82, 2.24) is 15.5 Å². The molecule has 0 radical (unpaired) electrons. The van der Waals surface area contributed by atoms with Gasteiger partial charge in [-0.2, -0.15) is 5.10 Å². The summed E-state index contributed by atoms with van der Waals surface area (Å²) in [5.41, 5.74) is 4.68. The van der Waals surface area contributed by atoms with Gasteiger partial charge >= 0.3 is 0 Å². The van der Waals surface area contributed by atoms with Gasteiger partial charge in [-0.05, 0) is 24.1 Å². The standard InChI is InChI=1S/C17H20N4O2/c1-2-14-13-10-21(17(22)16(13)20-19-14)12-5-3-11(4-6-12)15-9-18-7-8-23-15/h3-6,15,18H,2,7-10H2,1H3,(H,19,20). The number of fused-ring (bicyclic) bond motifs is 1. The molecule has 1 atom stereocenters. The molecule has 1 fully saturated rings. The van der Waals surface area contributed by atoms with Crippen LogP contribution in [0.5, 0.6) is 0 Å². The quantitative estimate of drug-likeness (QED) is 0.906. The zero-order chi connectivity index (χ0) is 15.8. The van der Waals surface area contributed by atoms with Gasteiger partial charge < -0.3 is 15.0 Å². The lowest BCUT2D eigenvalue weighted by Crippen LogP contribution is -2.33. The molecule has 1 aromatic carbocycles. The summed E-state index contributed by atoms with van der Waals surface area (Å²) in [4.78, 5) is 14.3. The van der Waals surface area contributed by atoms with Crippen LogP contribution in [0.3, 0.4) is 0 Å². The van der Waals surface area contributed by atoms with Crippen LogP contribution in [0.2, 0.25) is 0 Å². The van der Waals surface area contributed by atoms with Crippen molar-refractivity contribution in [2.75, 3.05) is 24.6 Å². The molecular formula is C17H20N4O2. The summed E-state index contributed by atoms with van der Waals surface area (Å²) in [6.07, 6.45) is 0.948. The first-order valence-electron chi connectivity index (χ1n) is 8.08. The maximum atomic E-state index is 12.5. The average Bonchev–Trinajstić information content (AvgIpc) is 3.16. The van der Waals surface area contributed by atoms with Crippen molar-refractivity contribution in [2.45, 2.75) is 26.0 Å². The van der Waals surface area contributed by atoms with Crippen LogP contribution in [-0.4, -0.2) is 35.8 Å². The van der Waals surface area contributed by atoms with Gasteiger partial charge in [0, 0.05) is 30.0 Å². The molecule has 2 N–H and O–H groups in total. The number of morpholine rings is 1. The van der Waals surface area contributed by atoms with E-state index in [9.17, 15) is 4.79 Å². The first-order valence-corrected chi connectivity index (χ1v) is 8.08. The third-order valence-electron chi connectivity index (χ3n) is 4.57. The minimum absolute atomic E-state index is 0.0284. The molecule has 4 rings (SSSR count). The van der Waals surface area contributed by atoms with E-state index in [0.29, 0.717) is 12.2 Å². The van der Waals surface area contributed by atoms with E-state index in [2.05, 4.69) is 22.4 Å². The summed E-state index contributed by atoms with van der Waals surface area (Å²) in [5, 5.41) is 10.5. The van der Waals surface area contributed by atoms with Crippen molar-refractivity contribution in [2.24, 2.45) is 0 Å². The number of nitrogens with zero attached hydrogens (tertiary/aromatic N) is 2. The number of ether oxygens (including phenoxy) is 1. The Kier molecular flexibility index (Phi) is 3.63. The molecule has 1 unspecified atom stereocenters. The van der Waals surface area contributed by atoms with Crippen LogP contribution < -0.4 is 10.2 Å². The maximum absolute atomic E-state index is 12.5. The number of benzene rings is 1. The third-order valence-corrected chi connectivity index (χ3v) is 4.57. The predicted molar refractivity (Wildman–Crippen MR) is 86.5 cm³/mol. The Hall–Kier alpha value is -2.18. The van der Waals surface area contributed by atoms with Gasteiger partial charge in [-0.15, -0.1) is 0 Å². The van der Waals surface area contributed by atoms with Crippen LogP contribution >= 0.6 is 0 Å². The Morgan fingerprint density at radius 1 is 1.35 bits per heavy atom. The lowest BCUT2D eigenvalue weighted by atomic mass is 10.1. The second-order valence-corrected chi connectivity index (χ2v) is 5.93. The molecule has 2 aliphatic rings. The first kappa shape index (κ1) is 14.4. The van der Waals surface area contributed by atoms with Gasteiger partial charge in [-0.25, -0.2) is 0 Å². The van der Waals surface area contributed by atoms with Crippen LogP contribution in [0.15, 0.2) is 24.3 Å². The Morgan fingerprint density at radius 3 is 2.87 bits per heavy atom. The normalized spacial score (nSPS) is 20.8. The molecule has 3 heterocycles. The van der Waals surface area contributed by atoms with Crippen LogP contribution in [0, 0.1) is 0 Å². The SMILES string of the molecule is CCc1[nH]nc2c1CN(c1ccc(C3CNCCO3)cc1)C2=O. The number of carbonyl (C=O) groups is 1. The predicted octanol–water partition coefficient (Wildman–Crippen LogP) is 1.79. The van der Waals surface area contributed by atoms with E-state index < -0.39 is 0 Å². The molecule has 2 aliphatic heterocycles. The molecular weight excluding hydrogens is 292 g/mol. The minimum atomic E-state index is -0.0284. The van der Waals surface area contributed by atoms with E-state index in [1.807, 2.05) is 24.3 Å². The van der Waals surface area contributed by atoms with Crippen LogP contribution in [0.4, 0.5) is 5.69 Å². The van der Waals surface area contributed by atoms with Crippen LogP contribution in [0.25, 0.3) is 0 Å². The number of H-pyrrole nitrogens is 1. The minimum Gasteiger partial charge on any atom is -0.371 e. The molecule has 1 amide bonds. The topological polar surface area (TPSA) is 70.2 Å². The average molecular weight is 312 g/mol. The van der Waals surface area contributed by atoms with Crippen LogP contribution in [0.1, 0.15) is 40.3 Å². The highest BCUT2D eigenvalue weighted by atomic mass is 16.5. The van der Waals surface area contributed by atoms with E-state index in [4.69, 9.17) is 4.74 Å². The van der Waals surface area contributed by atoms with Gasteiger partial charge in [0.15, 0.2) is 5.69 Å². The number of aryl methyl sites for hydroxylation is 1. The molecule has 6 nitrogen and oxygen atoms in total.